The first-order valence-corrected chi connectivity index (χ1v) is 12.0. The zero-order chi connectivity index (χ0) is 28.6. The van der Waals surface area contributed by atoms with E-state index in [1.807, 2.05) is 0 Å². The summed E-state index contributed by atoms with van der Waals surface area (Å²) in [5.41, 5.74) is 1.48. The third-order valence-corrected chi connectivity index (χ3v) is 5.66. The van der Waals surface area contributed by atoms with Crippen LogP contribution in [-0.4, -0.2) is 70.4 Å². The molecule has 2 N–H and O–H groups in total. The Morgan fingerprint density at radius 2 is 1.87 bits per heavy atom. The fourth-order valence-electron chi connectivity index (χ4n) is 3.27. The van der Waals surface area contributed by atoms with Crippen molar-refractivity contribution < 1.29 is 41.7 Å². The van der Waals surface area contributed by atoms with Gasteiger partial charge in [0.05, 0.1) is 36.6 Å². The lowest BCUT2D eigenvalue weighted by Crippen LogP contribution is -2.49. The molecule has 1 atom stereocenters. The molecule has 3 aromatic rings. The number of carbonyl (C=O) groups is 2. The van der Waals surface area contributed by atoms with Crippen molar-refractivity contribution in [2.24, 2.45) is 0 Å². The van der Waals surface area contributed by atoms with E-state index in [1.54, 1.807) is 52.3 Å². The number of benzene rings is 2. The molecule has 1 saturated heterocycles. The lowest BCUT2D eigenvalue weighted by atomic mass is 10.2. The van der Waals surface area contributed by atoms with E-state index in [-0.39, 0.29) is 24.6 Å². The SMILES string of the molecule is O=C(Nc1cnn(Cc2ccc(F)cc2)c1)N1CCOC(COc2ccc(Cl)cc2Cl)C1.O=C(O)C(F)(F)F. The van der Waals surface area contributed by atoms with E-state index in [0.717, 1.165) is 5.56 Å². The molecule has 0 bridgehead atoms. The van der Waals surface area contributed by atoms with Crippen molar-refractivity contribution >= 4 is 40.9 Å². The summed E-state index contributed by atoms with van der Waals surface area (Å²) in [5, 5.41) is 15.2. The van der Waals surface area contributed by atoms with Gasteiger partial charge < -0.3 is 24.8 Å². The van der Waals surface area contributed by atoms with Crippen LogP contribution < -0.4 is 10.1 Å². The lowest BCUT2D eigenvalue weighted by molar-refractivity contribution is -0.192. The van der Waals surface area contributed by atoms with Crippen molar-refractivity contribution in [1.82, 2.24) is 14.7 Å². The first-order valence-electron chi connectivity index (χ1n) is 11.2. The Kier molecular flexibility index (Phi) is 10.4. The van der Waals surface area contributed by atoms with Crippen LogP contribution in [0.2, 0.25) is 10.0 Å². The Hall–Kier alpha value is -3.55. The van der Waals surface area contributed by atoms with Gasteiger partial charge in [-0.1, -0.05) is 35.3 Å². The molecule has 2 aromatic carbocycles. The molecular weight excluding hydrogens is 571 g/mol. The van der Waals surface area contributed by atoms with Crippen LogP contribution in [0, 0.1) is 5.82 Å². The van der Waals surface area contributed by atoms with Crippen molar-refractivity contribution in [2.75, 3.05) is 31.6 Å². The summed E-state index contributed by atoms with van der Waals surface area (Å²) < 4.78 is 57.9. The molecule has 39 heavy (non-hydrogen) atoms. The molecular formula is C24H22Cl2F4N4O5. The minimum Gasteiger partial charge on any atom is -0.489 e. The van der Waals surface area contributed by atoms with Crippen molar-refractivity contribution in [3.8, 4) is 5.75 Å². The third-order valence-electron chi connectivity index (χ3n) is 5.13. The fraction of sp³-hybridized carbons (Fsp3) is 0.292. The molecule has 0 aliphatic carbocycles. The van der Waals surface area contributed by atoms with Crippen LogP contribution in [0.5, 0.6) is 5.75 Å². The summed E-state index contributed by atoms with van der Waals surface area (Å²) in [6, 6.07) is 11.0. The molecule has 1 aliphatic rings. The van der Waals surface area contributed by atoms with Crippen LogP contribution in [0.3, 0.4) is 0 Å². The molecule has 4 rings (SSSR count). The van der Waals surface area contributed by atoms with Gasteiger partial charge in [-0.3, -0.25) is 4.68 Å². The number of amides is 2. The number of hydrogen-bond acceptors (Lipinski definition) is 5. The first kappa shape index (κ1) is 30.0. The quantitative estimate of drug-likeness (QED) is 0.375. The molecule has 15 heteroatoms. The van der Waals surface area contributed by atoms with Gasteiger partial charge in [0.1, 0.15) is 24.3 Å². The maximum absolute atomic E-state index is 13.0. The number of urea groups is 1. The normalized spacial score (nSPS) is 15.2. The lowest BCUT2D eigenvalue weighted by Gasteiger charge is -2.32. The zero-order valence-corrected chi connectivity index (χ0v) is 21.5. The summed E-state index contributed by atoms with van der Waals surface area (Å²) in [6.07, 6.45) is -2.07. The minimum absolute atomic E-state index is 0.246. The highest BCUT2D eigenvalue weighted by molar-refractivity contribution is 6.35. The standard InChI is InChI=1S/C22H21Cl2FN4O3.C2HF3O2/c23-16-3-6-21(20(24)9-16)32-14-19-13-28(7-8-31-19)22(30)27-18-10-26-29(12-18)11-15-1-4-17(25)5-2-15;3-2(4,5)1(6)7/h1-6,9-10,12,19H,7-8,11,13-14H2,(H,27,30);(H,6,7). The maximum Gasteiger partial charge on any atom is 0.490 e. The molecule has 1 fully saturated rings. The van der Waals surface area contributed by atoms with Crippen LogP contribution in [-0.2, 0) is 16.1 Å². The number of carbonyl (C=O) groups excluding carboxylic acids is 1. The number of carboxylic acid groups (broad SMARTS) is 1. The van der Waals surface area contributed by atoms with Gasteiger partial charge in [0.2, 0.25) is 0 Å². The van der Waals surface area contributed by atoms with Gasteiger partial charge in [0.25, 0.3) is 0 Å². The Morgan fingerprint density at radius 3 is 2.51 bits per heavy atom. The highest BCUT2D eigenvalue weighted by atomic mass is 35.5. The average Bonchev–Trinajstić information content (AvgIpc) is 3.31. The third kappa shape index (κ3) is 9.61. The number of aromatic nitrogens is 2. The van der Waals surface area contributed by atoms with Crippen molar-refractivity contribution in [3.63, 3.8) is 0 Å². The van der Waals surface area contributed by atoms with Gasteiger partial charge in [0.15, 0.2) is 0 Å². The van der Waals surface area contributed by atoms with Gasteiger partial charge >= 0.3 is 18.2 Å². The molecule has 1 aliphatic heterocycles. The number of carboxylic acids is 1. The monoisotopic (exact) mass is 592 g/mol. The van der Waals surface area contributed by atoms with Crippen molar-refractivity contribution in [1.29, 1.82) is 0 Å². The van der Waals surface area contributed by atoms with Gasteiger partial charge in [-0.05, 0) is 35.9 Å². The smallest absolute Gasteiger partial charge is 0.489 e. The van der Waals surface area contributed by atoms with E-state index in [2.05, 4.69) is 10.4 Å². The molecule has 2 heterocycles. The van der Waals surface area contributed by atoms with Crippen LogP contribution in [0.15, 0.2) is 54.9 Å². The highest BCUT2D eigenvalue weighted by Gasteiger charge is 2.38. The summed E-state index contributed by atoms with van der Waals surface area (Å²) in [7, 11) is 0. The maximum atomic E-state index is 13.0. The van der Waals surface area contributed by atoms with Crippen molar-refractivity contribution in [3.05, 3.63) is 76.3 Å². The summed E-state index contributed by atoms with van der Waals surface area (Å²) in [6.45, 7) is 1.97. The number of halogens is 6. The molecule has 1 unspecified atom stereocenters. The number of ether oxygens (including phenoxy) is 2. The van der Waals surface area contributed by atoms with Crippen LogP contribution >= 0.6 is 23.2 Å². The van der Waals surface area contributed by atoms with Gasteiger partial charge in [0, 0.05) is 17.8 Å². The number of nitrogens with zero attached hydrogens (tertiary/aromatic N) is 3. The first-order chi connectivity index (χ1) is 18.4. The zero-order valence-electron chi connectivity index (χ0n) is 20.0. The fourth-order valence-corrected chi connectivity index (χ4v) is 3.74. The molecule has 0 spiro atoms. The molecule has 210 valence electrons. The Morgan fingerprint density at radius 1 is 1.18 bits per heavy atom. The second kappa shape index (κ2) is 13.5. The molecule has 1 aromatic heterocycles. The summed E-state index contributed by atoms with van der Waals surface area (Å²) in [5.74, 6) is -2.53. The topological polar surface area (TPSA) is 106 Å². The van der Waals surface area contributed by atoms with Crippen LogP contribution in [0.4, 0.5) is 28.0 Å². The van der Waals surface area contributed by atoms with E-state index >= 15 is 0 Å². The number of morpholine rings is 1. The second-order valence-corrected chi connectivity index (χ2v) is 8.95. The predicted octanol–water partition coefficient (Wildman–Crippen LogP) is 5.32. The molecule has 0 saturated carbocycles. The van der Waals surface area contributed by atoms with Gasteiger partial charge in [-0.2, -0.15) is 18.3 Å². The van der Waals surface area contributed by atoms with Crippen molar-refractivity contribution in [2.45, 2.75) is 18.8 Å². The highest BCUT2D eigenvalue weighted by Crippen LogP contribution is 2.28. The van der Waals surface area contributed by atoms with E-state index in [0.29, 0.717) is 47.7 Å². The predicted molar refractivity (Wildman–Crippen MR) is 134 cm³/mol. The summed E-state index contributed by atoms with van der Waals surface area (Å²) in [4.78, 5) is 23.2. The average molecular weight is 593 g/mol. The number of nitrogens with one attached hydrogen (secondary N) is 1. The number of anilines is 1. The van der Waals surface area contributed by atoms with E-state index in [9.17, 15) is 22.4 Å². The van der Waals surface area contributed by atoms with Crippen LogP contribution in [0.25, 0.3) is 0 Å². The second-order valence-electron chi connectivity index (χ2n) is 8.11. The number of aliphatic carboxylic acids is 1. The Balaban J connectivity index is 0.000000532. The van der Waals surface area contributed by atoms with Gasteiger partial charge in [-0.15, -0.1) is 0 Å². The molecule has 2 amide bonds. The van der Waals surface area contributed by atoms with E-state index in [1.165, 1.54) is 12.1 Å². The summed E-state index contributed by atoms with van der Waals surface area (Å²) >= 11 is 12.0. The van der Waals surface area contributed by atoms with E-state index in [4.69, 9.17) is 42.6 Å². The van der Waals surface area contributed by atoms with Gasteiger partial charge in [-0.25, -0.2) is 14.0 Å². The minimum atomic E-state index is -5.08. The van der Waals surface area contributed by atoms with Crippen LogP contribution in [0.1, 0.15) is 5.56 Å². The van der Waals surface area contributed by atoms with E-state index < -0.39 is 12.1 Å². The molecule has 9 nitrogen and oxygen atoms in total. The Bertz CT molecular complexity index is 1270. The number of rotatable bonds is 6. The Labute approximate surface area is 229 Å². The number of hydrogen-bond donors (Lipinski definition) is 2. The largest absolute Gasteiger partial charge is 0.490 e. The molecule has 0 radical (unpaired) electrons. The number of alkyl halides is 3.